The van der Waals surface area contributed by atoms with Gasteiger partial charge in [-0.1, -0.05) is 29.8 Å². The fourth-order valence-corrected chi connectivity index (χ4v) is 4.60. The number of hydrogen-bond acceptors (Lipinski definition) is 5. The molecular formula is C17H14ClNO5S. The monoisotopic (exact) mass is 379 g/mol. The third-order valence-electron chi connectivity index (χ3n) is 4.26. The van der Waals surface area contributed by atoms with E-state index in [1.807, 2.05) is 0 Å². The van der Waals surface area contributed by atoms with Gasteiger partial charge in [-0.2, -0.15) is 8.42 Å². The van der Waals surface area contributed by atoms with Crippen LogP contribution in [0.2, 0.25) is 5.02 Å². The summed E-state index contributed by atoms with van der Waals surface area (Å²) in [5.74, 6) is 0.0772. The molecule has 0 saturated carbocycles. The molecule has 2 atom stereocenters. The first-order valence-corrected chi connectivity index (χ1v) is 9.42. The van der Waals surface area contributed by atoms with E-state index in [2.05, 4.69) is 0 Å². The largest absolute Gasteiger partial charge is 0.388 e. The number of Topliss-reactive ketones (excluding diaryl/α,β-unsaturated/α-hetero) is 1. The van der Waals surface area contributed by atoms with E-state index < -0.39 is 22.6 Å². The van der Waals surface area contributed by atoms with Crippen molar-refractivity contribution in [2.24, 2.45) is 0 Å². The first-order valence-electron chi connectivity index (χ1n) is 7.68. The summed E-state index contributed by atoms with van der Waals surface area (Å²) >= 11 is 5.83. The van der Waals surface area contributed by atoms with E-state index in [9.17, 15) is 13.2 Å². The predicted octanol–water partition coefficient (Wildman–Crippen LogP) is 2.95. The van der Waals surface area contributed by atoms with Crippen molar-refractivity contribution >= 4 is 27.7 Å². The Labute approximate surface area is 150 Å². The summed E-state index contributed by atoms with van der Waals surface area (Å²) in [4.78, 5) is 12.5. The number of carbonyl (C=O) groups excluding carboxylic acids is 1. The predicted molar refractivity (Wildman–Crippen MR) is 90.7 cm³/mol. The smallest absolute Gasteiger partial charge is 0.370 e. The van der Waals surface area contributed by atoms with Gasteiger partial charge in [-0.25, -0.2) is 0 Å². The van der Waals surface area contributed by atoms with Crippen LogP contribution in [0, 0.1) is 0 Å². The SMILES string of the molecule is O=C(C[C@@H]1CO[C@H]2c3ccccc3OS(=O)(=O)N12)c1ccc(Cl)cc1. The Morgan fingerprint density at radius 2 is 1.88 bits per heavy atom. The van der Waals surface area contributed by atoms with Gasteiger partial charge in [-0.3, -0.25) is 4.79 Å². The number of rotatable bonds is 3. The van der Waals surface area contributed by atoms with Crippen molar-refractivity contribution in [3.8, 4) is 5.75 Å². The molecule has 0 bridgehead atoms. The van der Waals surface area contributed by atoms with E-state index in [4.69, 9.17) is 20.5 Å². The minimum Gasteiger partial charge on any atom is -0.370 e. The molecule has 130 valence electrons. The van der Waals surface area contributed by atoms with E-state index in [1.165, 1.54) is 0 Å². The molecule has 2 aliphatic heterocycles. The standard InChI is InChI=1S/C17H14ClNO5S/c18-12-7-5-11(6-8-12)15(20)9-13-10-23-17-14-3-1-2-4-16(14)24-25(21,22)19(13)17/h1-8,13,17H,9-10H2/t13-,17+/m1/s1. The molecule has 1 fully saturated rings. The van der Waals surface area contributed by atoms with Crippen LogP contribution in [-0.2, 0) is 15.0 Å². The number of hydrogen-bond donors (Lipinski definition) is 0. The molecule has 0 aliphatic carbocycles. The summed E-state index contributed by atoms with van der Waals surface area (Å²) < 4.78 is 37.0. The normalized spacial score (nSPS) is 24.2. The lowest BCUT2D eigenvalue weighted by molar-refractivity contribution is 0.0573. The zero-order valence-corrected chi connectivity index (χ0v) is 14.5. The molecule has 0 aromatic heterocycles. The molecule has 2 aromatic carbocycles. The molecular weight excluding hydrogens is 366 g/mol. The van der Waals surface area contributed by atoms with Gasteiger partial charge in [0.15, 0.2) is 17.8 Å². The lowest BCUT2D eigenvalue weighted by Crippen LogP contribution is -2.44. The summed E-state index contributed by atoms with van der Waals surface area (Å²) in [6, 6.07) is 12.7. The number of carbonyl (C=O) groups is 1. The van der Waals surface area contributed by atoms with Crippen molar-refractivity contribution in [2.45, 2.75) is 18.7 Å². The maximum Gasteiger partial charge on any atom is 0.388 e. The van der Waals surface area contributed by atoms with Crippen LogP contribution < -0.4 is 4.18 Å². The zero-order chi connectivity index (χ0) is 17.6. The molecule has 0 spiro atoms. The molecule has 0 unspecified atom stereocenters. The van der Waals surface area contributed by atoms with Crippen molar-refractivity contribution in [1.29, 1.82) is 0 Å². The number of benzene rings is 2. The Balaban J connectivity index is 1.61. The second kappa shape index (κ2) is 6.10. The average molecular weight is 380 g/mol. The molecule has 2 aromatic rings. The number of para-hydroxylation sites is 1. The van der Waals surface area contributed by atoms with Crippen LogP contribution in [0.4, 0.5) is 0 Å². The Hall–Kier alpha value is -1.93. The van der Waals surface area contributed by atoms with E-state index in [1.54, 1.807) is 48.5 Å². The van der Waals surface area contributed by atoms with Gasteiger partial charge in [-0.15, -0.1) is 4.31 Å². The van der Waals surface area contributed by atoms with Crippen molar-refractivity contribution in [2.75, 3.05) is 6.61 Å². The van der Waals surface area contributed by atoms with Gasteiger partial charge in [-0.05, 0) is 30.3 Å². The topological polar surface area (TPSA) is 72.9 Å². The van der Waals surface area contributed by atoms with Gasteiger partial charge in [0.1, 0.15) is 0 Å². The first-order chi connectivity index (χ1) is 12.0. The van der Waals surface area contributed by atoms with Gasteiger partial charge >= 0.3 is 10.3 Å². The fraction of sp³-hybridized carbons (Fsp3) is 0.235. The number of fused-ring (bicyclic) bond motifs is 3. The first kappa shape index (κ1) is 16.5. The maximum absolute atomic E-state index is 12.5. The summed E-state index contributed by atoms with van der Waals surface area (Å²) in [6.07, 6.45) is -0.763. The molecule has 2 heterocycles. The summed E-state index contributed by atoms with van der Waals surface area (Å²) in [5.41, 5.74) is 1.11. The van der Waals surface area contributed by atoms with Gasteiger partial charge in [0.05, 0.1) is 12.6 Å². The Bertz CT molecular complexity index is 928. The van der Waals surface area contributed by atoms with Gasteiger partial charge in [0, 0.05) is 22.6 Å². The average Bonchev–Trinajstić information content (AvgIpc) is 3.00. The van der Waals surface area contributed by atoms with Crippen molar-refractivity contribution in [1.82, 2.24) is 4.31 Å². The highest BCUT2D eigenvalue weighted by Crippen LogP contribution is 2.43. The van der Waals surface area contributed by atoms with Crippen molar-refractivity contribution in [3.05, 3.63) is 64.7 Å². The maximum atomic E-state index is 12.5. The van der Waals surface area contributed by atoms with Crippen LogP contribution in [0.25, 0.3) is 0 Å². The van der Waals surface area contributed by atoms with Crippen LogP contribution in [0.3, 0.4) is 0 Å². The molecule has 8 heteroatoms. The second-order valence-corrected chi connectivity index (χ2v) is 7.76. The summed E-state index contributed by atoms with van der Waals surface area (Å²) in [5, 5.41) is 0.532. The highest BCUT2D eigenvalue weighted by Gasteiger charge is 2.49. The van der Waals surface area contributed by atoms with Gasteiger partial charge in [0.2, 0.25) is 0 Å². The highest BCUT2D eigenvalue weighted by molar-refractivity contribution is 7.84. The lowest BCUT2D eigenvalue weighted by atomic mass is 10.0. The minimum absolute atomic E-state index is 0.00287. The second-order valence-electron chi connectivity index (χ2n) is 5.88. The molecule has 4 rings (SSSR count). The van der Waals surface area contributed by atoms with E-state index in [0.717, 1.165) is 4.31 Å². The number of ether oxygens (including phenoxy) is 1. The third kappa shape index (κ3) is 2.93. The van der Waals surface area contributed by atoms with E-state index >= 15 is 0 Å². The quantitative estimate of drug-likeness (QED) is 0.766. The Morgan fingerprint density at radius 1 is 1.16 bits per heavy atom. The Morgan fingerprint density at radius 3 is 2.64 bits per heavy atom. The number of halogens is 1. The Kier molecular flexibility index (Phi) is 4.04. The van der Waals surface area contributed by atoms with Crippen molar-refractivity contribution < 1.29 is 22.1 Å². The lowest BCUT2D eigenvalue weighted by Gasteiger charge is -2.31. The molecule has 0 radical (unpaired) electrons. The highest BCUT2D eigenvalue weighted by atomic mass is 35.5. The van der Waals surface area contributed by atoms with Crippen LogP contribution in [0.1, 0.15) is 28.6 Å². The molecule has 0 N–H and O–H groups in total. The zero-order valence-electron chi connectivity index (χ0n) is 13.0. The number of nitrogens with zero attached hydrogens (tertiary/aromatic N) is 1. The fourth-order valence-electron chi connectivity index (χ4n) is 3.10. The van der Waals surface area contributed by atoms with E-state index in [0.29, 0.717) is 16.1 Å². The minimum atomic E-state index is -4.02. The van der Waals surface area contributed by atoms with Gasteiger partial charge in [0.25, 0.3) is 0 Å². The molecule has 25 heavy (non-hydrogen) atoms. The van der Waals surface area contributed by atoms with Gasteiger partial charge < -0.3 is 8.92 Å². The van der Waals surface area contributed by atoms with Crippen LogP contribution in [0.5, 0.6) is 5.75 Å². The molecule has 6 nitrogen and oxygen atoms in total. The molecule has 0 amide bonds. The van der Waals surface area contributed by atoms with Crippen LogP contribution >= 0.6 is 11.6 Å². The van der Waals surface area contributed by atoms with Crippen LogP contribution in [0.15, 0.2) is 48.5 Å². The molecule has 1 saturated heterocycles. The summed E-state index contributed by atoms with van der Waals surface area (Å²) in [6.45, 7) is 0.126. The summed E-state index contributed by atoms with van der Waals surface area (Å²) in [7, 11) is -4.02. The number of ketones is 1. The van der Waals surface area contributed by atoms with Crippen molar-refractivity contribution in [3.63, 3.8) is 0 Å². The van der Waals surface area contributed by atoms with Crippen LogP contribution in [-0.4, -0.2) is 31.2 Å². The third-order valence-corrected chi connectivity index (χ3v) is 5.91. The molecule has 2 aliphatic rings. The van der Waals surface area contributed by atoms with E-state index in [-0.39, 0.29) is 24.6 Å².